The molecule has 0 bridgehead atoms. The highest BCUT2D eigenvalue weighted by atomic mass is 16.5. The van der Waals surface area contributed by atoms with Gasteiger partial charge in [-0.15, -0.1) is 0 Å². The number of pyridine rings is 2. The minimum Gasteiger partial charge on any atom is -0.469 e. The molecule has 37 heavy (non-hydrogen) atoms. The van der Waals surface area contributed by atoms with Crippen LogP contribution in [0.3, 0.4) is 0 Å². The summed E-state index contributed by atoms with van der Waals surface area (Å²) in [5.41, 5.74) is 6.46. The van der Waals surface area contributed by atoms with Gasteiger partial charge in [0.15, 0.2) is 0 Å². The first-order valence-electron chi connectivity index (χ1n) is 12.6. The maximum absolute atomic E-state index is 13.7. The Morgan fingerprint density at radius 3 is 2.30 bits per heavy atom. The minimum absolute atomic E-state index is 0.0592. The monoisotopic (exact) mass is 503 g/mol. The highest BCUT2D eigenvalue weighted by molar-refractivity contribution is 5.82. The molecule has 0 saturated heterocycles. The van der Waals surface area contributed by atoms with Crippen LogP contribution in [0.4, 0.5) is 0 Å². The van der Waals surface area contributed by atoms with E-state index in [0.29, 0.717) is 12.0 Å². The van der Waals surface area contributed by atoms with Crippen LogP contribution in [-0.4, -0.2) is 28.5 Å². The van der Waals surface area contributed by atoms with Crippen molar-refractivity contribution in [3.8, 4) is 11.1 Å². The average molecular weight is 504 g/mol. The normalized spacial score (nSPS) is 12.8. The number of amides is 1. The SMILES string of the molecule is COC(=O)C[C@@H](NC(=O)[C@@H](CC(C)C)n1cc(C)c(C)cc1=O)c1cncc(-c2c(C)cccc2C)c1. The van der Waals surface area contributed by atoms with Crippen LogP contribution >= 0.6 is 0 Å². The molecule has 0 aliphatic carbocycles. The number of rotatable bonds is 9. The summed E-state index contributed by atoms with van der Waals surface area (Å²) in [6, 6.07) is 8.21. The number of aromatic nitrogens is 2. The quantitative estimate of drug-likeness (QED) is 0.408. The molecule has 0 saturated carbocycles. The molecule has 1 aromatic carbocycles. The van der Waals surface area contributed by atoms with E-state index in [1.807, 2.05) is 65.8 Å². The van der Waals surface area contributed by atoms with Crippen LogP contribution < -0.4 is 10.9 Å². The number of carbonyl (C=O) groups excluding carboxylic acids is 2. The molecule has 0 spiro atoms. The molecule has 1 amide bonds. The van der Waals surface area contributed by atoms with Crippen molar-refractivity contribution in [3.63, 3.8) is 0 Å². The van der Waals surface area contributed by atoms with Gasteiger partial charge in [-0.25, -0.2) is 0 Å². The zero-order valence-corrected chi connectivity index (χ0v) is 22.8. The number of benzene rings is 1. The molecule has 0 radical (unpaired) electrons. The molecule has 0 fully saturated rings. The fourth-order valence-electron chi connectivity index (χ4n) is 4.61. The summed E-state index contributed by atoms with van der Waals surface area (Å²) in [7, 11) is 1.32. The topological polar surface area (TPSA) is 90.3 Å². The van der Waals surface area contributed by atoms with Crippen molar-refractivity contribution < 1.29 is 14.3 Å². The number of methoxy groups -OCH3 is 1. The molecule has 0 aliphatic heterocycles. The molecule has 7 nitrogen and oxygen atoms in total. The van der Waals surface area contributed by atoms with Gasteiger partial charge in [0.1, 0.15) is 6.04 Å². The minimum atomic E-state index is -0.721. The van der Waals surface area contributed by atoms with Gasteiger partial charge < -0.3 is 14.6 Å². The Labute approximate surface area is 218 Å². The van der Waals surface area contributed by atoms with Crippen LogP contribution in [0.5, 0.6) is 0 Å². The van der Waals surface area contributed by atoms with Gasteiger partial charge in [-0.1, -0.05) is 32.0 Å². The van der Waals surface area contributed by atoms with Gasteiger partial charge in [-0.3, -0.25) is 19.4 Å². The maximum atomic E-state index is 13.7. The second-order valence-electron chi connectivity index (χ2n) is 10.1. The number of hydrogen-bond acceptors (Lipinski definition) is 5. The summed E-state index contributed by atoms with van der Waals surface area (Å²) in [4.78, 5) is 43.3. The van der Waals surface area contributed by atoms with Gasteiger partial charge in [0.25, 0.3) is 5.56 Å². The van der Waals surface area contributed by atoms with Crippen molar-refractivity contribution in [3.05, 3.63) is 87.1 Å². The van der Waals surface area contributed by atoms with E-state index < -0.39 is 18.1 Å². The molecule has 2 aromatic heterocycles. The first-order chi connectivity index (χ1) is 17.5. The van der Waals surface area contributed by atoms with E-state index in [-0.39, 0.29) is 23.8 Å². The molecule has 1 N–H and O–H groups in total. The third kappa shape index (κ3) is 6.73. The van der Waals surface area contributed by atoms with Crippen LogP contribution in [0.2, 0.25) is 0 Å². The van der Waals surface area contributed by atoms with Crippen molar-refractivity contribution in [2.75, 3.05) is 7.11 Å². The Hall–Kier alpha value is -3.74. The second-order valence-corrected chi connectivity index (χ2v) is 10.1. The Balaban J connectivity index is 2.02. The number of nitrogens with zero attached hydrogens (tertiary/aromatic N) is 2. The van der Waals surface area contributed by atoms with Crippen molar-refractivity contribution in [1.82, 2.24) is 14.9 Å². The van der Waals surface area contributed by atoms with Crippen molar-refractivity contribution in [1.29, 1.82) is 0 Å². The second kappa shape index (κ2) is 12.0. The first kappa shape index (κ1) is 27.8. The van der Waals surface area contributed by atoms with E-state index in [1.54, 1.807) is 24.7 Å². The molecule has 0 unspecified atom stereocenters. The Morgan fingerprint density at radius 1 is 1.00 bits per heavy atom. The molecule has 2 atom stereocenters. The van der Waals surface area contributed by atoms with E-state index in [4.69, 9.17) is 4.74 Å². The van der Waals surface area contributed by atoms with Crippen molar-refractivity contribution in [2.45, 2.75) is 66.5 Å². The Bertz CT molecular complexity index is 1320. The number of ether oxygens (including phenoxy) is 1. The number of hydrogen-bond donors (Lipinski definition) is 1. The molecule has 196 valence electrons. The van der Waals surface area contributed by atoms with E-state index in [0.717, 1.165) is 33.4 Å². The van der Waals surface area contributed by atoms with Gasteiger partial charge in [0, 0.05) is 30.2 Å². The van der Waals surface area contributed by atoms with E-state index in [9.17, 15) is 14.4 Å². The molecular formula is C30H37N3O4. The first-order valence-corrected chi connectivity index (χ1v) is 12.6. The standard InChI is InChI=1S/C30H37N3O4/c1-18(2)11-26(33-17-22(6)21(5)12-27(33)34)30(36)32-25(14-28(35)37-7)23-13-24(16-31-15-23)29-19(3)9-8-10-20(29)4/h8-10,12-13,15-18,25-26H,11,14H2,1-7H3,(H,32,36)/t25-,26-/m1/s1. The lowest BCUT2D eigenvalue weighted by Crippen LogP contribution is -2.40. The fourth-order valence-corrected chi connectivity index (χ4v) is 4.61. The zero-order chi connectivity index (χ0) is 27.3. The van der Waals surface area contributed by atoms with Crippen molar-refractivity contribution in [2.24, 2.45) is 5.92 Å². The van der Waals surface area contributed by atoms with E-state index in [2.05, 4.69) is 10.3 Å². The summed E-state index contributed by atoms with van der Waals surface area (Å²) in [6.07, 6.45) is 5.59. The van der Waals surface area contributed by atoms with E-state index in [1.165, 1.54) is 11.7 Å². The lowest BCUT2D eigenvalue weighted by molar-refractivity contribution is -0.141. The number of carbonyl (C=O) groups is 2. The summed E-state index contributed by atoms with van der Waals surface area (Å²) < 4.78 is 6.43. The summed E-state index contributed by atoms with van der Waals surface area (Å²) in [5.74, 6) is -0.616. The number of nitrogens with one attached hydrogen (secondary N) is 1. The number of aryl methyl sites for hydroxylation is 4. The molecule has 7 heteroatoms. The average Bonchev–Trinajstić information content (AvgIpc) is 2.84. The van der Waals surface area contributed by atoms with Gasteiger partial charge >= 0.3 is 5.97 Å². The van der Waals surface area contributed by atoms with Gasteiger partial charge in [0.05, 0.1) is 19.6 Å². The Morgan fingerprint density at radius 2 is 1.68 bits per heavy atom. The third-order valence-electron chi connectivity index (χ3n) is 6.73. The van der Waals surface area contributed by atoms with E-state index >= 15 is 0 Å². The van der Waals surface area contributed by atoms with Crippen LogP contribution in [0.25, 0.3) is 11.1 Å². The van der Waals surface area contributed by atoms with Crippen LogP contribution in [-0.2, 0) is 14.3 Å². The number of esters is 1. The summed E-state index contributed by atoms with van der Waals surface area (Å²) in [5, 5.41) is 3.03. The van der Waals surface area contributed by atoms with Gasteiger partial charge in [0.2, 0.25) is 5.91 Å². The largest absolute Gasteiger partial charge is 0.469 e. The predicted octanol–water partition coefficient (Wildman–Crippen LogP) is 5.15. The highest BCUT2D eigenvalue weighted by Gasteiger charge is 2.27. The lowest BCUT2D eigenvalue weighted by Gasteiger charge is -2.26. The summed E-state index contributed by atoms with van der Waals surface area (Å²) in [6.45, 7) is 11.9. The van der Waals surface area contributed by atoms with Crippen LogP contribution in [0.1, 0.15) is 66.6 Å². The molecule has 2 heterocycles. The summed E-state index contributed by atoms with van der Waals surface area (Å²) >= 11 is 0. The molecular weight excluding hydrogens is 466 g/mol. The Kier molecular flexibility index (Phi) is 9.03. The van der Waals surface area contributed by atoms with Gasteiger partial charge in [-0.05, 0) is 79.5 Å². The highest BCUT2D eigenvalue weighted by Crippen LogP contribution is 2.30. The van der Waals surface area contributed by atoms with Crippen molar-refractivity contribution >= 4 is 11.9 Å². The van der Waals surface area contributed by atoms with Gasteiger partial charge in [-0.2, -0.15) is 0 Å². The zero-order valence-electron chi connectivity index (χ0n) is 22.8. The lowest BCUT2D eigenvalue weighted by atomic mass is 9.94. The molecule has 3 rings (SSSR count). The van der Waals surface area contributed by atoms with Crippen LogP contribution in [0, 0.1) is 33.6 Å². The third-order valence-corrected chi connectivity index (χ3v) is 6.73. The fraction of sp³-hybridized carbons (Fsp3) is 0.400. The molecule has 3 aromatic rings. The molecule has 0 aliphatic rings. The van der Waals surface area contributed by atoms with Crippen LogP contribution in [0.15, 0.2) is 53.7 Å². The smallest absolute Gasteiger partial charge is 0.307 e. The maximum Gasteiger partial charge on any atom is 0.307 e. The predicted molar refractivity (Wildman–Crippen MR) is 145 cm³/mol.